The van der Waals surface area contributed by atoms with Gasteiger partial charge in [-0.3, -0.25) is 0 Å². The zero-order valence-corrected chi connectivity index (χ0v) is 34.7. The standard InChI is InChI=1S/C41H63N3O4S2/c1-14-15-16-17-18-19-20-28(49)25-50-37-43-35(47-26-21-29(38(2,3)4)33(45)30(22-26)39(5,6)7)42-36(44-37)48-27-23-31(40(8,9)10)34(46)32(24-27)41(11,12)13/h21-24,28,45-46,49H,14-20,25H2,1-13H3. The van der Waals surface area contributed by atoms with E-state index in [0.29, 0.717) is 16.7 Å². The summed E-state index contributed by atoms with van der Waals surface area (Å²) in [6, 6.07) is 7.63. The second-order valence-electron chi connectivity index (χ2n) is 17.6. The lowest BCUT2D eigenvalue weighted by Gasteiger charge is -2.28. The topological polar surface area (TPSA) is 97.6 Å². The van der Waals surface area contributed by atoms with E-state index in [1.54, 1.807) is 0 Å². The molecule has 0 bridgehead atoms. The van der Waals surface area contributed by atoms with E-state index >= 15 is 0 Å². The summed E-state index contributed by atoms with van der Waals surface area (Å²) in [6.45, 7) is 27.0. The smallest absolute Gasteiger partial charge is 0.329 e. The summed E-state index contributed by atoms with van der Waals surface area (Å²) in [7, 11) is 0. The normalized spacial score (nSPS) is 13.4. The van der Waals surface area contributed by atoms with Crippen LogP contribution < -0.4 is 9.47 Å². The molecule has 9 heteroatoms. The van der Waals surface area contributed by atoms with Crippen molar-refractivity contribution in [2.24, 2.45) is 0 Å². The lowest BCUT2D eigenvalue weighted by Crippen LogP contribution is -2.17. The van der Waals surface area contributed by atoms with Crippen LogP contribution in [0, 0.1) is 0 Å². The van der Waals surface area contributed by atoms with Crippen molar-refractivity contribution in [3.8, 4) is 35.0 Å². The number of aromatic nitrogens is 3. The highest BCUT2D eigenvalue weighted by molar-refractivity contribution is 7.99. The molecule has 0 saturated heterocycles. The quantitative estimate of drug-likeness (QED) is 0.0858. The van der Waals surface area contributed by atoms with Crippen molar-refractivity contribution in [2.45, 2.75) is 167 Å². The molecule has 2 N–H and O–H groups in total. The zero-order chi connectivity index (χ0) is 37.7. The maximum absolute atomic E-state index is 11.3. The van der Waals surface area contributed by atoms with Gasteiger partial charge < -0.3 is 19.7 Å². The van der Waals surface area contributed by atoms with E-state index in [9.17, 15) is 10.2 Å². The van der Waals surface area contributed by atoms with E-state index in [1.807, 2.05) is 24.3 Å². The van der Waals surface area contributed by atoms with E-state index in [-0.39, 0.29) is 50.4 Å². The molecule has 0 aliphatic rings. The number of rotatable bonds is 14. The van der Waals surface area contributed by atoms with E-state index in [2.05, 4.69) is 95.0 Å². The van der Waals surface area contributed by atoms with Crippen molar-refractivity contribution in [1.82, 2.24) is 15.0 Å². The number of nitrogens with zero attached hydrogens (tertiary/aromatic N) is 3. The molecule has 0 radical (unpaired) electrons. The van der Waals surface area contributed by atoms with Crippen LogP contribution in [0.3, 0.4) is 0 Å². The van der Waals surface area contributed by atoms with Crippen LogP contribution in [-0.2, 0) is 21.7 Å². The molecule has 0 aliphatic carbocycles. The van der Waals surface area contributed by atoms with Gasteiger partial charge in [-0.05, 0) is 52.3 Å². The number of phenolic OH excluding ortho intramolecular Hbond substituents is 2. The van der Waals surface area contributed by atoms with Gasteiger partial charge in [0.15, 0.2) is 5.16 Å². The van der Waals surface area contributed by atoms with E-state index in [4.69, 9.17) is 32.1 Å². The van der Waals surface area contributed by atoms with Crippen LogP contribution in [0.4, 0.5) is 0 Å². The molecular formula is C41H63N3O4S2. The van der Waals surface area contributed by atoms with Crippen molar-refractivity contribution in [3.63, 3.8) is 0 Å². The molecular weight excluding hydrogens is 663 g/mol. The van der Waals surface area contributed by atoms with Gasteiger partial charge in [-0.15, -0.1) is 4.98 Å². The van der Waals surface area contributed by atoms with Crippen molar-refractivity contribution in [2.75, 3.05) is 5.75 Å². The fraction of sp³-hybridized carbons (Fsp3) is 0.634. The van der Waals surface area contributed by atoms with Crippen LogP contribution in [0.1, 0.15) is 157 Å². The molecule has 1 atom stereocenters. The Morgan fingerprint density at radius 1 is 0.600 bits per heavy atom. The van der Waals surface area contributed by atoms with E-state index in [1.165, 1.54) is 43.9 Å². The lowest BCUT2D eigenvalue weighted by molar-refractivity contribution is 0.376. The first kappa shape index (κ1) is 41.8. The largest absolute Gasteiger partial charge is 0.507 e. The number of aromatic hydroxyl groups is 2. The molecule has 3 rings (SSSR count). The molecule has 2 aromatic carbocycles. The van der Waals surface area contributed by atoms with Gasteiger partial charge in [-0.1, -0.05) is 140 Å². The van der Waals surface area contributed by atoms with Crippen molar-refractivity contribution in [1.29, 1.82) is 0 Å². The number of hydrogen-bond donors (Lipinski definition) is 3. The molecule has 7 nitrogen and oxygen atoms in total. The van der Waals surface area contributed by atoms with Gasteiger partial charge in [0.2, 0.25) is 0 Å². The molecule has 1 unspecified atom stereocenters. The number of hydrogen-bond acceptors (Lipinski definition) is 9. The van der Waals surface area contributed by atoms with Gasteiger partial charge >= 0.3 is 12.0 Å². The van der Waals surface area contributed by atoms with Gasteiger partial charge in [0.25, 0.3) is 0 Å². The van der Waals surface area contributed by atoms with Crippen molar-refractivity contribution >= 4 is 24.4 Å². The number of thiol groups is 1. The van der Waals surface area contributed by atoms with Crippen molar-refractivity contribution in [3.05, 3.63) is 46.5 Å². The average Bonchev–Trinajstić information content (AvgIpc) is 2.97. The average molecular weight is 726 g/mol. The fourth-order valence-electron chi connectivity index (χ4n) is 5.72. The molecule has 278 valence electrons. The van der Waals surface area contributed by atoms with E-state index in [0.717, 1.165) is 40.8 Å². The molecule has 1 aromatic heterocycles. The van der Waals surface area contributed by atoms with Gasteiger partial charge in [-0.25, -0.2) is 0 Å². The van der Waals surface area contributed by atoms with Gasteiger partial charge in [-0.2, -0.15) is 22.6 Å². The van der Waals surface area contributed by atoms with Crippen LogP contribution in [0.25, 0.3) is 0 Å². The Hall–Kier alpha value is -2.65. The van der Waals surface area contributed by atoms with Crippen LogP contribution in [-0.4, -0.2) is 36.2 Å². The Morgan fingerprint density at radius 3 is 1.32 bits per heavy atom. The summed E-state index contributed by atoms with van der Waals surface area (Å²) >= 11 is 6.39. The predicted octanol–water partition coefficient (Wildman–Crippen LogP) is 12.2. The van der Waals surface area contributed by atoms with E-state index < -0.39 is 0 Å². The maximum Gasteiger partial charge on any atom is 0.329 e. The highest BCUT2D eigenvalue weighted by Crippen LogP contribution is 2.44. The fourth-order valence-corrected chi connectivity index (χ4v) is 6.92. The summed E-state index contributed by atoms with van der Waals surface area (Å²) in [6.07, 6.45) is 8.52. The predicted molar refractivity (Wildman–Crippen MR) is 212 cm³/mol. The Kier molecular flexibility index (Phi) is 14.0. The minimum Gasteiger partial charge on any atom is -0.507 e. The van der Waals surface area contributed by atoms with Crippen LogP contribution in [0.15, 0.2) is 29.4 Å². The summed E-state index contributed by atoms with van der Waals surface area (Å²) in [4.78, 5) is 14.0. The van der Waals surface area contributed by atoms with Gasteiger partial charge in [0.1, 0.15) is 23.0 Å². The molecule has 0 aliphatic heterocycles. The number of thioether (sulfide) groups is 1. The Bertz CT molecular complexity index is 1410. The zero-order valence-electron chi connectivity index (χ0n) is 33.0. The summed E-state index contributed by atoms with van der Waals surface area (Å²) in [5.41, 5.74) is 1.80. The molecule has 3 aromatic rings. The second-order valence-corrected chi connectivity index (χ2v) is 19.4. The van der Waals surface area contributed by atoms with Gasteiger partial charge in [0, 0.05) is 33.3 Å². The molecule has 0 fully saturated rings. The third kappa shape index (κ3) is 12.0. The first-order chi connectivity index (χ1) is 23.0. The van der Waals surface area contributed by atoms with Crippen LogP contribution in [0.5, 0.6) is 35.0 Å². The SMILES string of the molecule is CCCCCCCCC(S)CSc1nc(Oc2cc(C(C)(C)C)c(O)c(C(C)(C)C)c2)nc(Oc2cc(C(C)(C)C)c(O)c(C(C)(C)C)c2)n1. The number of unbranched alkanes of at least 4 members (excludes halogenated alkanes) is 5. The highest BCUT2D eigenvalue weighted by Gasteiger charge is 2.29. The summed E-state index contributed by atoms with van der Waals surface area (Å²) < 4.78 is 12.8. The number of ether oxygens (including phenoxy) is 2. The Morgan fingerprint density at radius 2 is 0.960 bits per heavy atom. The monoisotopic (exact) mass is 725 g/mol. The molecule has 50 heavy (non-hydrogen) atoms. The highest BCUT2D eigenvalue weighted by atomic mass is 32.2. The minimum absolute atomic E-state index is 0.0976. The van der Waals surface area contributed by atoms with Crippen LogP contribution in [0.2, 0.25) is 0 Å². The number of phenols is 2. The molecule has 0 saturated carbocycles. The number of benzene rings is 2. The second kappa shape index (κ2) is 16.8. The summed E-state index contributed by atoms with van der Waals surface area (Å²) in [5, 5.41) is 23.2. The third-order valence-electron chi connectivity index (χ3n) is 8.69. The molecule has 1 heterocycles. The maximum atomic E-state index is 11.3. The minimum atomic E-state index is -0.330. The third-order valence-corrected chi connectivity index (χ3v) is 10.4. The van der Waals surface area contributed by atoms with Gasteiger partial charge in [0.05, 0.1) is 0 Å². The first-order valence-corrected chi connectivity index (χ1v) is 19.7. The Balaban J connectivity index is 2.04. The molecule has 0 amide bonds. The lowest BCUT2D eigenvalue weighted by atomic mass is 9.79. The Labute approximate surface area is 312 Å². The van der Waals surface area contributed by atoms with Crippen LogP contribution >= 0.6 is 24.4 Å². The summed E-state index contributed by atoms with van der Waals surface area (Å²) in [5.74, 6) is 2.32. The van der Waals surface area contributed by atoms with Crippen molar-refractivity contribution < 1.29 is 19.7 Å². The molecule has 0 spiro atoms. The first-order valence-electron chi connectivity index (χ1n) is 18.2.